The average Bonchev–Trinajstić information content (AvgIpc) is 2.87. The first-order chi connectivity index (χ1) is 12.4. The van der Waals surface area contributed by atoms with Crippen LogP contribution in [0.25, 0.3) is 0 Å². The SMILES string of the molecule is Cc1nn(C(C)C)c(C)c1NC1CC(NC(=O)OCc2ccccc2)C1. The Morgan fingerprint density at radius 1 is 1.23 bits per heavy atom. The van der Waals surface area contributed by atoms with Crippen molar-refractivity contribution >= 4 is 11.8 Å². The van der Waals surface area contributed by atoms with Crippen molar-refractivity contribution in [2.24, 2.45) is 0 Å². The molecule has 1 aromatic heterocycles. The van der Waals surface area contributed by atoms with Crippen molar-refractivity contribution in [3.05, 3.63) is 47.3 Å². The van der Waals surface area contributed by atoms with E-state index in [2.05, 4.69) is 36.5 Å². The number of benzene rings is 1. The van der Waals surface area contributed by atoms with Crippen LogP contribution in [0.4, 0.5) is 10.5 Å². The summed E-state index contributed by atoms with van der Waals surface area (Å²) in [6, 6.07) is 10.6. The van der Waals surface area contributed by atoms with E-state index in [-0.39, 0.29) is 12.1 Å². The van der Waals surface area contributed by atoms with Gasteiger partial charge in [0.25, 0.3) is 0 Å². The molecule has 0 bridgehead atoms. The van der Waals surface area contributed by atoms with Crippen molar-refractivity contribution in [1.29, 1.82) is 0 Å². The number of amides is 1. The number of carbonyl (C=O) groups excluding carboxylic acids is 1. The maximum Gasteiger partial charge on any atom is 0.407 e. The van der Waals surface area contributed by atoms with Gasteiger partial charge in [-0.05, 0) is 46.1 Å². The molecule has 140 valence electrons. The highest BCUT2D eigenvalue weighted by atomic mass is 16.5. The van der Waals surface area contributed by atoms with Crippen molar-refractivity contribution in [3.8, 4) is 0 Å². The Balaban J connectivity index is 1.43. The van der Waals surface area contributed by atoms with Crippen LogP contribution in [0.5, 0.6) is 0 Å². The van der Waals surface area contributed by atoms with Crippen molar-refractivity contribution < 1.29 is 9.53 Å². The quantitative estimate of drug-likeness (QED) is 0.822. The predicted octanol–water partition coefficient (Wildman–Crippen LogP) is 3.95. The molecule has 2 N–H and O–H groups in total. The molecular formula is C20H28N4O2. The zero-order valence-corrected chi connectivity index (χ0v) is 16.0. The lowest BCUT2D eigenvalue weighted by molar-refractivity contribution is 0.129. The standard InChI is InChI=1S/C20H28N4O2/c1-13(2)24-15(4)19(14(3)23-24)21-17-10-18(11-17)22-20(25)26-12-16-8-6-5-7-9-16/h5-9,13,17-18,21H,10-12H2,1-4H3,(H,22,25). The first-order valence-electron chi connectivity index (χ1n) is 9.23. The van der Waals surface area contributed by atoms with E-state index in [0.29, 0.717) is 18.7 Å². The van der Waals surface area contributed by atoms with Gasteiger partial charge in [-0.25, -0.2) is 4.79 Å². The third-order valence-electron chi connectivity index (χ3n) is 4.84. The Labute approximate surface area is 154 Å². The predicted molar refractivity (Wildman–Crippen MR) is 102 cm³/mol. The summed E-state index contributed by atoms with van der Waals surface area (Å²) in [5, 5.41) is 11.1. The van der Waals surface area contributed by atoms with Crippen LogP contribution in [0.15, 0.2) is 30.3 Å². The Morgan fingerprint density at radius 3 is 2.54 bits per heavy atom. The van der Waals surface area contributed by atoms with Crippen LogP contribution in [0.3, 0.4) is 0 Å². The highest BCUT2D eigenvalue weighted by Crippen LogP contribution is 2.29. The Bertz CT molecular complexity index is 749. The van der Waals surface area contributed by atoms with Gasteiger partial charge in [-0.15, -0.1) is 0 Å². The molecule has 0 radical (unpaired) electrons. The van der Waals surface area contributed by atoms with Gasteiger partial charge in [0.05, 0.1) is 17.1 Å². The van der Waals surface area contributed by atoms with Crippen LogP contribution in [0, 0.1) is 13.8 Å². The summed E-state index contributed by atoms with van der Waals surface area (Å²) in [4.78, 5) is 11.9. The fourth-order valence-electron chi connectivity index (χ4n) is 3.36. The second-order valence-corrected chi connectivity index (χ2v) is 7.30. The van der Waals surface area contributed by atoms with Gasteiger partial charge in [-0.1, -0.05) is 30.3 Å². The zero-order valence-electron chi connectivity index (χ0n) is 16.0. The van der Waals surface area contributed by atoms with Crippen molar-refractivity contribution in [3.63, 3.8) is 0 Å². The summed E-state index contributed by atoms with van der Waals surface area (Å²) in [6.07, 6.45) is 1.44. The molecule has 0 saturated heterocycles. The van der Waals surface area contributed by atoms with Crippen molar-refractivity contribution in [2.75, 3.05) is 5.32 Å². The third kappa shape index (κ3) is 4.18. The van der Waals surface area contributed by atoms with Crippen LogP contribution < -0.4 is 10.6 Å². The van der Waals surface area contributed by atoms with Crippen molar-refractivity contribution in [1.82, 2.24) is 15.1 Å². The maximum atomic E-state index is 11.9. The lowest BCUT2D eigenvalue weighted by atomic mass is 9.86. The number of aromatic nitrogens is 2. The van der Waals surface area contributed by atoms with Gasteiger partial charge >= 0.3 is 6.09 Å². The molecule has 1 amide bonds. The van der Waals surface area contributed by atoms with Gasteiger partial charge in [0, 0.05) is 18.1 Å². The molecule has 2 aromatic rings. The third-order valence-corrected chi connectivity index (χ3v) is 4.84. The van der Waals surface area contributed by atoms with E-state index < -0.39 is 0 Å². The summed E-state index contributed by atoms with van der Waals surface area (Å²) < 4.78 is 7.32. The Morgan fingerprint density at radius 2 is 1.92 bits per heavy atom. The molecule has 6 nitrogen and oxygen atoms in total. The first-order valence-corrected chi connectivity index (χ1v) is 9.23. The van der Waals surface area contributed by atoms with E-state index in [1.165, 1.54) is 0 Å². The lowest BCUT2D eigenvalue weighted by Crippen LogP contribution is -2.49. The van der Waals surface area contributed by atoms with E-state index in [1.54, 1.807) is 0 Å². The molecule has 1 aliphatic rings. The van der Waals surface area contributed by atoms with E-state index in [9.17, 15) is 4.79 Å². The van der Waals surface area contributed by atoms with E-state index in [1.807, 2.05) is 41.9 Å². The number of nitrogens with one attached hydrogen (secondary N) is 2. The number of hydrogen-bond acceptors (Lipinski definition) is 4. The number of alkyl carbamates (subject to hydrolysis) is 1. The normalized spacial score (nSPS) is 19.1. The lowest BCUT2D eigenvalue weighted by Gasteiger charge is -2.36. The summed E-state index contributed by atoms with van der Waals surface area (Å²) in [6.45, 7) is 8.69. The van der Waals surface area contributed by atoms with Crippen LogP contribution in [0.2, 0.25) is 0 Å². The van der Waals surface area contributed by atoms with Crippen LogP contribution in [0.1, 0.15) is 49.7 Å². The van der Waals surface area contributed by atoms with Gasteiger partial charge in [0.2, 0.25) is 0 Å². The van der Waals surface area contributed by atoms with Crippen LogP contribution in [-0.2, 0) is 11.3 Å². The second kappa shape index (κ2) is 7.81. The van der Waals surface area contributed by atoms with E-state index in [4.69, 9.17) is 4.74 Å². The van der Waals surface area contributed by atoms with Gasteiger partial charge < -0.3 is 15.4 Å². The largest absolute Gasteiger partial charge is 0.445 e. The summed E-state index contributed by atoms with van der Waals surface area (Å²) in [7, 11) is 0. The van der Waals surface area contributed by atoms with Gasteiger partial charge in [-0.3, -0.25) is 4.68 Å². The molecule has 1 saturated carbocycles. The molecule has 0 unspecified atom stereocenters. The van der Waals surface area contributed by atoms with Gasteiger partial charge in [0.15, 0.2) is 0 Å². The van der Waals surface area contributed by atoms with Crippen molar-refractivity contribution in [2.45, 2.75) is 65.3 Å². The molecule has 0 aliphatic heterocycles. The molecule has 1 fully saturated rings. The number of rotatable bonds is 6. The average molecular weight is 356 g/mol. The molecule has 0 atom stereocenters. The minimum atomic E-state index is -0.350. The summed E-state index contributed by atoms with van der Waals surface area (Å²) in [5.74, 6) is 0. The monoisotopic (exact) mass is 356 g/mol. The molecule has 26 heavy (non-hydrogen) atoms. The van der Waals surface area contributed by atoms with Gasteiger partial charge in [-0.2, -0.15) is 5.10 Å². The fraction of sp³-hybridized carbons (Fsp3) is 0.500. The molecule has 1 aliphatic carbocycles. The number of hydrogen-bond donors (Lipinski definition) is 2. The summed E-state index contributed by atoms with van der Waals surface area (Å²) >= 11 is 0. The maximum absolute atomic E-state index is 11.9. The number of ether oxygens (including phenoxy) is 1. The number of carbonyl (C=O) groups is 1. The fourth-order valence-corrected chi connectivity index (χ4v) is 3.36. The Kier molecular flexibility index (Phi) is 5.49. The number of anilines is 1. The van der Waals surface area contributed by atoms with Crippen LogP contribution >= 0.6 is 0 Å². The minimum absolute atomic E-state index is 0.163. The van der Waals surface area contributed by atoms with E-state index >= 15 is 0 Å². The van der Waals surface area contributed by atoms with E-state index in [0.717, 1.165) is 35.5 Å². The highest BCUT2D eigenvalue weighted by Gasteiger charge is 2.31. The Hall–Kier alpha value is -2.50. The first kappa shape index (κ1) is 18.3. The number of aryl methyl sites for hydroxylation is 1. The molecule has 3 rings (SSSR count). The molecular weight excluding hydrogens is 328 g/mol. The van der Waals surface area contributed by atoms with Crippen LogP contribution in [-0.4, -0.2) is 28.0 Å². The topological polar surface area (TPSA) is 68.2 Å². The second-order valence-electron chi connectivity index (χ2n) is 7.30. The highest BCUT2D eigenvalue weighted by molar-refractivity contribution is 5.68. The molecule has 0 spiro atoms. The van der Waals surface area contributed by atoms with Gasteiger partial charge in [0.1, 0.15) is 6.61 Å². The zero-order chi connectivity index (χ0) is 18.7. The minimum Gasteiger partial charge on any atom is -0.445 e. The number of nitrogens with zero attached hydrogens (tertiary/aromatic N) is 2. The summed E-state index contributed by atoms with van der Waals surface area (Å²) in [5.41, 5.74) is 4.30. The molecule has 1 heterocycles. The molecule has 6 heteroatoms. The smallest absolute Gasteiger partial charge is 0.407 e. The molecule has 1 aromatic carbocycles.